The number of hydrogen-bond acceptors (Lipinski definition) is 11. The Morgan fingerprint density at radius 1 is 1.02 bits per heavy atom. The molecule has 2 aromatic heterocycles. The fourth-order valence-electron chi connectivity index (χ4n) is 7.79. The van der Waals surface area contributed by atoms with Gasteiger partial charge in [-0.05, 0) is 63.5 Å². The first kappa shape index (κ1) is 38.0. The van der Waals surface area contributed by atoms with Crippen LogP contribution in [-0.4, -0.2) is 93.2 Å². The van der Waals surface area contributed by atoms with Gasteiger partial charge in [-0.15, -0.1) is 11.3 Å². The fraction of sp³-hybridized carbons (Fsp3) is 0.513. The number of nitrogens with zero attached hydrogens (tertiary/aromatic N) is 3. The molecular formula is C39H46N6O9S. The topological polar surface area (TPSA) is 198 Å². The zero-order valence-corrected chi connectivity index (χ0v) is 31.7. The Bertz CT molecular complexity index is 2000. The molecule has 0 bridgehead atoms. The Hall–Kier alpha value is -5.25. The van der Waals surface area contributed by atoms with Gasteiger partial charge in [0.2, 0.25) is 17.7 Å². The molecule has 4 aliphatic rings. The number of fused-ring (bicyclic) bond motifs is 3. The average Bonchev–Trinajstić information content (AvgIpc) is 3.58. The number of carboxylic acids is 1. The molecule has 55 heavy (non-hydrogen) atoms. The Labute approximate surface area is 322 Å². The predicted molar refractivity (Wildman–Crippen MR) is 203 cm³/mol. The Morgan fingerprint density at radius 2 is 1.82 bits per heavy atom. The number of methoxy groups -OCH3 is 1. The first-order valence-corrected chi connectivity index (χ1v) is 19.8. The monoisotopic (exact) mass is 774 g/mol. The number of amides is 4. The first-order valence-electron chi connectivity index (χ1n) is 18.9. The number of allylic oxidation sites excluding steroid dienone is 1. The van der Waals surface area contributed by atoms with Crippen LogP contribution in [0, 0.1) is 5.92 Å². The third-order valence-corrected chi connectivity index (χ3v) is 11.6. The number of anilines is 1. The summed E-state index contributed by atoms with van der Waals surface area (Å²) in [5, 5.41) is 21.4. The quantitative estimate of drug-likeness (QED) is 0.220. The van der Waals surface area contributed by atoms with Crippen LogP contribution in [0.4, 0.5) is 9.93 Å². The Kier molecular flexibility index (Phi) is 11.2. The minimum Gasteiger partial charge on any atom is -0.497 e. The number of nitrogens with one attached hydrogen (secondary N) is 3. The van der Waals surface area contributed by atoms with Crippen molar-refractivity contribution in [3.05, 3.63) is 41.8 Å². The standard InChI is InChI=1S/C39H46N6O9S/c1-22(46)40-37-42-31(21-55-37)30-18-33(27-15-14-25(52-2)16-29(27)41-30)53-26-17-32-34(47)44-39(36(49)50)19-23(39)10-6-4-3-5-7-13-28(35(48)45(32)20-26)43-38(51)54-24-11-8-9-12-24/h6,10,14-16,18,21,23-24,26,28,32H,3-5,7-9,11-13,17,19-20H2,1-2H3,(H,43,51)(H,44,47)(H,49,50)(H,40,42,46)/b10-6-/t23?,26-,28+,32+,39?/m1/s1. The second-order valence-electron chi connectivity index (χ2n) is 14.7. The van der Waals surface area contributed by atoms with Gasteiger partial charge < -0.3 is 40.2 Å². The van der Waals surface area contributed by atoms with Crippen LogP contribution in [0.2, 0.25) is 0 Å². The zero-order valence-electron chi connectivity index (χ0n) is 30.9. The van der Waals surface area contributed by atoms with Gasteiger partial charge in [0.25, 0.3) is 0 Å². The van der Waals surface area contributed by atoms with Crippen molar-refractivity contribution in [1.29, 1.82) is 0 Å². The van der Waals surface area contributed by atoms with Crippen molar-refractivity contribution < 1.29 is 43.3 Å². The highest BCUT2D eigenvalue weighted by atomic mass is 32.1. The number of hydrogen-bond donors (Lipinski definition) is 4. The number of aliphatic carboxylic acids is 1. The lowest BCUT2D eigenvalue weighted by Crippen LogP contribution is -2.56. The third-order valence-electron chi connectivity index (χ3n) is 10.8. The number of carboxylic acid groups (broad SMARTS) is 1. The Balaban J connectivity index is 1.20. The lowest BCUT2D eigenvalue weighted by atomic mass is 10.0. The van der Waals surface area contributed by atoms with E-state index in [4.69, 9.17) is 19.2 Å². The van der Waals surface area contributed by atoms with E-state index in [2.05, 4.69) is 20.9 Å². The minimum absolute atomic E-state index is 0.00510. The van der Waals surface area contributed by atoms with Crippen LogP contribution in [-0.2, 0) is 23.9 Å². The number of pyridine rings is 1. The molecule has 1 saturated heterocycles. The molecule has 0 radical (unpaired) electrons. The molecule has 2 aliphatic heterocycles. The van der Waals surface area contributed by atoms with Gasteiger partial charge in [0.1, 0.15) is 47.0 Å². The summed E-state index contributed by atoms with van der Waals surface area (Å²) in [6.45, 7) is 1.39. The van der Waals surface area contributed by atoms with Gasteiger partial charge in [0.15, 0.2) is 5.13 Å². The van der Waals surface area contributed by atoms with Gasteiger partial charge in [-0.25, -0.2) is 19.6 Å². The normalized spacial score (nSPS) is 26.5. The molecular weight excluding hydrogens is 729 g/mol. The Morgan fingerprint density at radius 3 is 2.58 bits per heavy atom. The molecule has 292 valence electrons. The summed E-state index contributed by atoms with van der Waals surface area (Å²) in [6, 6.07) is 5.03. The predicted octanol–water partition coefficient (Wildman–Crippen LogP) is 5.19. The molecule has 3 fully saturated rings. The summed E-state index contributed by atoms with van der Waals surface area (Å²) < 4.78 is 17.8. The first-order chi connectivity index (χ1) is 26.5. The van der Waals surface area contributed by atoms with Crippen LogP contribution in [0.25, 0.3) is 22.3 Å². The number of alkyl carbamates (subject to hydrolysis) is 1. The van der Waals surface area contributed by atoms with E-state index in [9.17, 15) is 29.1 Å². The number of benzene rings is 1. The van der Waals surface area contributed by atoms with E-state index in [1.165, 1.54) is 23.2 Å². The van der Waals surface area contributed by atoms with E-state index in [1.807, 2.05) is 18.2 Å². The van der Waals surface area contributed by atoms with Crippen LogP contribution < -0.4 is 25.4 Å². The molecule has 15 nitrogen and oxygen atoms in total. The summed E-state index contributed by atoms with van der Waals surface area (Å²) in [5.74, 6) is -1.83. The molecule has 4 N–H and O–H groups in total. The van der Waals surface area contributed by atoms with Crippen LogP contribution in [0.15, 0.2) is 41.8 Å². The molecule has 4 amide bonds. The van der Waals surface area contributed by atoms with Gasteiger partial charge in [-0.2, -0.15) is 0 Å². The van der Waals surface area contributed by atoms with Gasteiger partial charge in [-0.1, -0.05) is 25.0 Å². The molecule has 2 aliphatic carbocycles. The van der Waals surface area contributed by atoms with E-state index in [-0.39, 0.29) is 37.3 Å². The summed E-state index contributed by atoms with van der Waals surface area (Å²) in [5.41, 5.74) is 0.0426. The minimum atomic E-state index is -1.47. The second kappa shape index (κ2) is 16.2. The number of rotatable bonds is 8. The maximum atomic E-state index is 14.5. The van der Waals surface area contributed by atoms with Crippen molar-refractivity contribution >= 4 is 57.2 Å². The number of aromatic nitrogens is 2. The smallest absolute Gasteiger partial charge is 0.408 e. The van der Waals surface area contributed by atoms with Crippen LogP contribution in [0.1, 0.15) is 77.6 Å². The van der Waals surface area contributed by atoms with Gasteiger partial charge >= 0.3 is 12.1 Å². The van der Waals surface area contributed by atoms with E-state index >= 15 is 0 Å². The largest absolute Gasteiger partial charge is 0.497 e. The lowest BCUT2D eigenvalue weighted by molar-refractivity contribution is -0.145. The van der Waals surface area contributed by atoms with Crippen molar-refractivity contribution in [1.82, 2.24) is 25.5 Å². The summed E-state index contributed by atoms with van der Waals surface area (Å²) in [6.07, 6.45) is 9.41. The van der Waals surface area contributed by atoms with Crippen LogP contribution in [0.5, 0.6) is 11.5 Å². The molecule has 3 aromatic rings. The number of thiazole rings is 1. The van der Waals surface area contributed by atoms with Crippen molar-refractivity contribution in [2.24, 2.45) is 5.92 Å². The van der Waals surface area contributed by atoms with Crippen molar-refractivity contribution in [2.45, 2.75) is 107 Å². The lowest BCUT2D eigenvalue weighted by Gasteiger charge is -2.29. The van der Waals surface area contributed by atoms with Gasteiger partial charge in [0.05, 0.1) is 24.9 Å². The fourth-order valence-corrected chi connectivity index (χ4v) is 8.54. The molecule has 16 heteroatoms. The highest BCUT2D eigenvalue weighted by Crippen LogP contribution is 2.45. The van der Waals surface area contributed by atoms with Gasteiger partial charge in [-0.3, -0.25) is 14.4 Å². The van der Waals surface area contributed by atoms with Crippen LogP contribution in [0.3, 0.4) is 0 Å². The van der Waals surface area contributed by atoms with Crippen molar-refractivity contribution in [3.8, 4) is 22.9 Å². The molecule has 5 atom stereocenters. The van der Waals surface area contributed by atoms with Crippen molar-refractivity contribution in [3.63, 3.8) is 0 Å². The van der Waals surface area contributed by atoms with Gasteiger partial charge in [0, 0.05) is 42.2 Å². The van der Waals surface area contributed by atoms with E-state index in [0.717, 1.165) is 44.9 Å². The maximum absolute atomic E-state index is 14.5. The van der Waals surface area contributed by atoms with Crippen LogP contribution >= 0.6 is 11.3 Å². The average molecular weight is 775 g/mol. The molecule has 4 heterocycles. The molecule has 1 aromatic carbocycles. The summed E-state index contributed by atoms with van der Waals surface area (Å²) in [7, 11) is 1.55. The summed E-state index contributed by atoms with van der Waals surface area (Å²) >= 11 is 1.25. The van der Waals surface area contributed by atoms with E-state index < -0.39 is 47.6 Å². The van der Waals surface area contributed by atoms with E-state index in [0.29, 0.717) is 51.8 Å². The third kappa shape index (κ3) is 8.53. The maximum Gasteiger partial charge on any atom is 0.408 e. The molecule has 2 saturated carbocycles. The molecule has 0 spiro atoms. The summed E-state index contributed by atoms with van der Waals surface area (Å²) in [4.78, 5) is 76.8. The molecule has 2 unspecified atom stereocenters. The number of carbonyl (C=O) groups excluding carboxylic acids is 4. The number of ether oxygens (including phenoxy) is 3. The van der Waals surface area contributed by atoms with E-state index in [1.54, 1.807) is 30.7 Å². The van der Waals surface area contributed by atoms with Crippen molar-refractivity contribution in [2.75, 3.05) is 19.0 Å². The number of carbonyl (C=O) groups is 5. The zero-order chi connectivity index (χ0) is 38.7. The SMILES string of the molecule is COc1ccc2c(O[C@@H]3C[C@H]4C(=O)NC5(C(=O)O)CC5/C=C\CCCCC[C@H](NC(=O)OC5CCCC5)C(=O)N4C3)cc(-c3csc(NC(C)=O)n3)nc2c1. The highest BCUT2D eigenvalue weighted by molar-refractivity contribution is 7.14. The highest BCUT2D eigenvalue weighted by Gasteiger charge is 2.61. The second-order valence-corrected chi connectivity index (χ2v) is 15.6. The molecule has 7 rings (SSSR count).